The fraction of sp³-hybridized carbons (Fsp3) is 0.214. The fourth-order valence-corrected chi connectivity index (χ4v) is 2.38. The van der Waals surface area contributed by atoms with Crippen molar-refractivity contribution in [2.24, 2.45) is 0 Å². The van der Waals surface area contributed by atoms with Crippen LogP contribution in [0, 0.1) is 25.5 Å². The highest BCUT2D eigenvalue weighted by molar-refractivity contribution is 5.83. The first kappa shape index (κ1) is 14.2. The lowest BCUT2D eigenvalue weighted by Gasteiger charge is -2.10. The van der Waals surface area contributed by atoms with Crippen molar-refractivity contribution in [1.29, 1.82) is 0 Å². The fourth-order valence-electron chi connectivity index (χ4n) is 2.38. The van der Waals surface area contributed by atoms with E-state index in [4.69, 9.17) is 5.73 Å². The van der Waals surface area contributed by atoms with Gasteiger partial charge in [-0.1, -0.05) is 0 Å². The van der Waals surface area contributed by atoms with Crippen LogP contribution in [-0.2, 0) is 0 Å². The van der Waals surface area contributed by atoms with E-state index in [2.05, 4.69) is 19.7 Å². The minimum atomic E-state index is -0.808. The largest absolute Gasteiger partial charge is 0.491 e. The van der Waals surface area contributed by atoms with Crippen molar-refractivity contribution in [3.05, 3.63) is 35.4 Å². The zero-order chi connectivity index (χ0) is 16.0. The number of hydrogen-bond donors (Lipinski definition) is 1. The third kappa shape index (κ3) is 2.03. The number of benzene rings is 1. The van der Waals surface area contributed by atoms with Gasteiger partial charge in [0, 0.05) is 12.1 Å². The highest BCUT2D eigenvalue weighted by atomic mass is 19.1. The Kier molecular flexibility index (Phi) is 3.16. The molecule has 0 bridgehead atoms. The summed E-state index contributed by atoms with van der Waals surface area (Å²) in [5, 5.41) is 0. The highest BCUT2D eigenvalue weighted by Crippen LogP contribution is 2.28. The molecule has 0 aliphatic rings. The van der Waals surface area contributed by atoms with Gasteiger partial charge in [-0.2, -0.15) is 0 Å². The number of nitrogen functional groups attached to an aromatic ring is 1. The highest BCUT2D eigenvalue weighted by Gasteiger charge is 2.18. The van der Waals surface area contributed by atoms with Crippen LogP contribution in [0.5, 0.6) is 5.75 Å². The standard InChI is InChI=1S/C14H13F2N5O/c1-6-18-13(17)11-14(19-6)21(7(2)20-11)8-4-9(15)12(22-3)10(16)5-8/h4-5H,1-3H3,(H2,17,18,19). The van der Waals surface area contributed by atoms with Crippen LogP contribution in [0.4, 0.5) is 14.6 Å². The average Bonchev–Trinajstić information content (AvgIpc) is 2.75. The monoisotopic (exact) mass is 305 g/mol. The molecule has 0 saturated heterocycles. The van der Waals surface area contributed by atoms with Gasteiger partial charge in [-0.25, -0.2) is 23.7 Å². The summed E-state index contributed by atoms with van der Waals surface area (Å²) in [6.07, 6.45) is 0. The van der Waals surface area contributed by atoms with Crippen LogP contribution in [0.2, 0.25) is 0 Å². The number of halogens is 2. The second-order valence-electron chi connectivity index (χ2n) is 4.77. The van der Waals surface area contributed by atoms with Crippen molar-refractivity contribution in [1.82, 2.24) is 19.5 Å². The zero-order valence-electron chi connectivity index (χ0n) is 12.2. The van der Waals surface area contributed by atoms with Gasteiger partial charge < -0.3 is 10.5 Å². The number of ether oxygens (including phenoxy) is 1. The zero-order valence-corrected chi connectivity index (χ0v) is 12.2. The predicted octanol–water partition coefficient (Wildman–Crippen LogP) is 2.30. The molecule has 3 aromatic rings. The van der Waals surface area contributed by atoms with E-state index in [1.54, 1.807) is 13.8 Å². The van der Waals surface area contributed by atoms with Crippen LogP contribution in [0.25, 0.3) is 16.9 Å². The molecule has 6 nitrogen and oxygen atoms in total. The Bertz CT molecular complexity index is 868. The van der Waals surface area contributed by atoms with Gasteiger partial charge >= 0.3 is 0 Å². The number of nitrogens with two attached hydrogens (primary N) is 1. The molecule has 0 spiro atoms. The lowest BCUT2D eigenvalue weighted by atomic mass is 10.2. The van der Waals surface area contributed by atoms with Gasteiger partial charge in [-0.05, 0) is 13.8 Å². The van der Waals surface area contributed by atoms with Gasteiger partial charge in [0.05, 0.1) is 12.8 Å². The molecule has 1 aromatic carbocycles. The third-order valence-electron chi connectivity index (χ3n) is 3.26. The second kappa shape index (κ2) is 4.90. The third-order valence-corrected chi connectivity index (χ3v) is 3.26. The average molecular weight is 305 g/mol. The van der Waals surface area contributed by atoms with E-state index in [0.29, 0.717) is 22.8 Å². The van der Waals surface area contributed by atoms with Gasteiger partial charge in [0.25, 0.3) is 0 Å². The van der Waals surface area contributed by atoms with E-state index < -0.39 is 17.4 Å². The van der Waals surface area contributed by atoms with Crippen LogP contribution in [-0.4, -0.2) is 26.6 Å². The Labute approximate surface area is 124 Å². The number of methoxy groups -OCH3 is 1. The van der Waals surface area contributed by atoms with Gasteiger partial charge in [-0.3, -0.25) is 4.57 Å². The number of nitrogens with zero attached hydrogens (tertiary/aromatic N) is 4. The molecular weight excluding hydrogens is 292 g/mol. The summed E-state index contributed by atoms with van der Waals surface area (Å²) >= 11 is 0. The minimum absolute atomic E-state index is 0.221. The van der Waals surface area contributed by atoms with Crippen LogP contribution >= 0.6 is 0 Å². The van der Waals surface area contributed by atoms with Crippen LogP contribution in [0.15, 0.2) is 12.1 Å². The first-order chi connectivity index (χ1) is 10.4. The van der Waals surface area contributed by atoms with E-state index in [1.165, 1.54) is 11.7 Å². The normalized spacial score (nSPS) is 11.1. The number of imidazole rings is 1. The van der Waals surface area contributed by atoms with Crippen molar-refractivity contribution < 1.29 is 13.5 Å². The molecule has 114 valence electrons. The summed E-state index contributed by atoms with van der Waals surface area (Å²) in [6, 6.07) is 2.31. The number of aromatic nitrogens is 4. The van der Waals surface area contributed by atoms with E-state index in [0.717, 1.165) is 12.1 Å². The topological polar surface area (TPSA) is 78.9 Å². The predicted molar refractivity (Wildman–Crippen MR) is 77.0 cm³/mol. The Balaban J connectivity index is 2.33. The smallest absolute Gasteiger partial charge is 0.190 e. The number of fused-ring (bicyclic) bond motifs is 1. The van der Waals surface area contributed by atoms with Crippen molar-refractivity contribution in [2.75, 3.05) is 12.8 Å². The Morgan fingerprint density at radius 2 is 1.73 bits per heavy atom. The number of aryl methyl sites for hydroxylation is 2. The Hall–Kier alpha value is -2.77. The molecule has 3 rings (SSSR count). The molecule has 0 unspecified atom stereocenters. The molecule has 0 aliphatic heterocycles. The van der Waals surface area contributed by atoms with Crippen LogP contribution in [0.1, 0.15) is 11.6 Å². The van der Waals surface area contributed by atoms with E-state index >= 15 is 0 Å². The summed E-state index contributed by atoms with van der Waals surface area (Å²) in [7, 11) is 1.20. The summed E-state index contributed by atoms with van der Waals surface area (Å²) in [4.78, 5) is 12.6. The van der Waals surface area contributed by atoms with Gasteiger partial charge in [0.15, 0.2) is 34.4 Å². The minimum Gasteiger partial charge on any atom is -0.491 e. The van der Waals surface area contributed by atoms with Gasteiger partial charge in [0.2, 0.25) is 0 Å². The molecule has 0 fully saturated rings. The molecular formula is C14H13F2N5O. The van der Waals surface area contributed by atoms with Crippen molar-refractivity contribution in [3.8, 4) is 11.4 Å². The molecule has 0 radical (unpaired) electrons. The first-order valence-electron chi connectivity index (χ1n) is 6.45. The second-order valence-corrected chi connectivity index (χ2v) is 4.77. The Morgan fingerprint density at radius 1 is 1.09 bits per heavy atom. The molecule has 0 aliphatic carbocycles. The summed E-state index contributed by atoms with van der Waals surface area (Å²) in [5.41, 5.74) is 6.86. The van der Waals surface area contributed by atoms with E-state index in [9.17, 15) is 8.78 Å². The number of rotatable bonds is 2. The van der Waals surface area contributed by atoms with E-state index in [1.807, 2.05) is 0 Å². The van der Waals surface area contributed by atoms with Crippen molar-refractivity contribution in [3.63, 3.8) is 0 Å². The van der Waals surface area contributed by atoms with Crippen LogP contribution in [0.3, 0.4) is 0 Å². The molecule has 0 atom stereocenters. The maximum absolute atomic E-state index is 13.9. The van der Waals surface area contributed by atoms with Crippen LogP contribution < -0.4 is 10.5 Å². The van der Waals surface area contributed by atoms with Crippen molar-refractivity contribution >= 4 is 17.0 Å². The summed E-state index contributed by atoms with van der Waals surface area (Å²) in [5.74, 6) is -0.892. The molecule has 22 heavy (non-hydrogen) atoms. The summed E-state index contributed by atoms with van der Waals surface area (Å²) < 4.78 is 34.1. The molecule has 8 heteroatoms. The maximum atomic E-state index is 13.9. The molecule has 0 saturated carbocycles. The maximum Gasteiger partial charge on any atom is 0.190 e. The van der Waals surface area contributed by atoms with E-state index in [-0.39, 0.29) is 11.5 Å². The molecule has 2 N–H and O–H groups in total. The SMILES string of the molecule is COc1c(F)cc(-n2c(C)nc3c(N)nc(C)nc32)cc1F. The molecule has 2 heterocycles. The van der Waals surface area contributed by atoms with Gasteiger partial charge in [-0.15, -0.1) is 0 Å². The Morgan fingerprint density at radius 3 is 2.32 bits per heavy atom. The molecule has 2 aromatic heterocycles. The summed E-state index contributed by atoms with van der Waals surface area (Å²) in [6.45, 7) is 3.37. The first-order valence-corrected chi connectivity index (χ1v) is 6.45. The van der Waals surface area contributed by atoms with Crippen molar-refractivity contribution in [2.45, 2.75) is 13.8 Å². The van der Waals surface area contributed by atoms with Gasteiger partial charge in [0.1, 0.15) is 11.6 Å². The molecule has 0 amide bonds. The quantitative estimate of drug-likeness (QED) is 0.786. The number of hydrogen-bond acceptors (Lipinski definition) is 5. The number of anilines is 1. The lowest BCUT2D eigenvalue weighted by molar-refractivity contribution is 0.359. The lowest BCUT2D eigenvalue weighted by Crippen LogP contribution is -2.03.